The Kier molecular flexibility index (Phi) is 6.67. The molecule has 0 rings (SSSR count). The third-order valence-electron chi connectivity index (χ3n) is 1.82. The molecule has 80 valence electrons. The van der Waals surface area contributed by atoms with Gasteiger partial charge >= 0.3 is 8.60 Å². The molecule has 0 aliphatic heterocycles. The lowest BCUT2D eigenvalue weighted by molar-refractivity contribution is 0.0624. The third kappa shape index (κ3) is 4.68. The van der Waals surface area contributed by atoms with Gasteiger partial charge in [-0.05, 0) is 19.3 Å². The van der Waals surface area contributed by atoms with Crippen molar-refractivity contribution in [2.24, 2.45) is 0 Å². The lowest BCUT2D eigenvalue weighted by Crippen LogP contribution is -2.29. The molecule has 0 fully saturated rings. The fraction of sp³-hybridized carbons (Fsp3) is 0.400. The van der Waals surface area contributed by atoms with E-state index >= 15 is 0 Å². The molecule has 0 saturated heterocycles. The number of hydrogen-bond acceptors (Lipinski definition) is 3. The molecule has 0 bridgehead atoms. The molecule has 0 radical (unpaired) electrons. The zero-order valence-electron chi connectivity index (χ0n) is 8.22. The fourth-order valence-electron chi connectivity index (χ4n) is 1.32. The lowest BCUT2D eigenvalue weighted by Gasteiger charge is -2.30. The molecular formula is C10H17O3P. The van der Waals surface area contributed by atoms with E-state index in [1.54, 1.807) is 18.2 Å². The fourth-order valence-corrected chi connectivity index (χ4v) is 1.89. The topological polar surface area (TPSA) is 49.7 Å². The zero-order chi connectivity index (χ0) is 11.0. The molecule has 0 amide bonds. The molecule has 4 heteroatoms. The average molecular weight is 216 g/mol. The highest BCUT2D eigenvalue weighted by molar-refractivity contribution is 7.39. The van der Waals surface area contributed by atoms with Crippen LogP contribution in [0.15, 0.2) is 38.0 Å². The van der Waals surface area contributed by atoms with Crippen molar-refractivity contribution >= 4 is 8.60 Å². The summed E-state index contributed by atoms with van der Waals surface area (Å²) in [6.07, 6.45) is 6.66. The van der Waals surface area contributed by atoms with Gasteiger partial charge in [0.2, 0.25) is 0 Å². The van der Waals surface area contributed by atoms with Crippen molar-refractivity contribution in [3.63, 3.8) is 0 Å². The van der Waals surface area contributed by atoms with Gasteiger partial charge in [0.05, 0.1) is 5.60 Å². The Labute approximate surface area is 86.4 Å². The van der Waals surface area contributed by atoms with Crippen molar-refractivity contribution < 1.29 is 14.3 Å². The molecule has 0 unspecified atom stereocenters. The summed E-state index contributed by atoms with van der Waals surface area (Å²) >= 11 is 0. The minimum atomic E-state index is -2.37. The van der Waals surface area contributed by atoms with E-state index in [9.17, 15) is 0 Å². The minimum Gasteiger partial charge on any atom is -0.328 e. The van der Waals surface area contributed by atoms with Crippen molar-refractivity contribution in [1.82, 2.24) is 0 Å². The Morgan fingerprint density at radius 2 is 1.36 bits per heavy atom. The second kappa shape index (κ2) is 6.91. The first kappa shape index (κ1) is 13.5. The van der Waals surface area contributed by atoms with Gasteiger partial charge in [-0.25, -0.2) is 0 Å². The molecule has 0 aliphatic carbocycles. The Bertz CT molecular complexity index is 175. The van der Waals surface area contributed by atoms with Gasteiger partial charge in [0.1, 0.15) is 0 Å². The Morgan fingerprint density at radius 1 is 1.00 bits per heavy atom. The van der Waals surface area contributed by atoms with Crippen LogP contribution < -0.4 is 0 Å². The summed E-state index contributed by atoms with van der Waals surface area (Å²) in [7, 11) is -2.37. The van der Waals surface area contributed by atoms with Gasteiger partial charge in [-0.2, -0.15) is 0 Å². The van der Waals surface area contributed by atoms with Gasteiger partial charge in [-0.15, -0.1) is 19.7 Å². The molecule has 0 spiro atoms. The van der Waals surface area contributed by atoms with Crippen LogP contribution in [0.5, 0.6) is 0 Å². The normalized spacial score (nSPS) is 11.4. The Hall–Kier alpha value is -0.470. The van der Waals surface area contributed by atoms with Crippen molar-refractivity contribution in [3.05, 3.63) is 38.0 Å². The van der Waals surface area contributed by atoms with E-state index in [0.717, 1.165) is 0 Å². The highest BCUT2D eigenvalue weighted by Crippen LogP contribution is 2.39. The summed E-state index contributed by atoms with van der Waals surface area (Å²) in [5, 5.41) is 0. The van der Waals surface area contributed by atoms with E-state index in [4.69, 9.17) is 14.3 Å². The van der Waals surface area contributed by atoms with Crippen molar-refractivity contribution in [1.29, 1.82) is 0 Å². The molecule has 0 heterocycles. The molecule has 0 aromatic rings. The van der Waals surface area contributed by atoms with Crippen LogP contribution in [0.2, 0.25) is 0 Å². The van der Waals surface area contributed by atoms with Crippen LogP contribution in [0.4, 0.5) is 0 Å². The van der Waals surface area contributed by atoms with Gasteiger partial charge in [0.25, 0.3) is 0 Å². The molecule has 0 atom stereocenters. The van der Waals surface area contributed by atoms with Gasteiger partial charge in [-0.1, -0.05) is 18.2 Å². The maximum atomic E-state index is 8.86. The second-order valence-corrected chi connectivity index (χ2v) is 3.69. The van der Waals surface area contributed by atoms with E-state index < -0.39 is 14.2 Å². The SMILES string of the molecule is C=CCC(CC=C)(CC=C)OP(O)O. The van der Waals surface area contributed by atoms with Crippen LogP contribution >= 0.6 is 8.60 Å². The molecule has 0 aromatic carbocycles. The van der Waals surface area contributed by atoms with E-state index in [1.165, 1.54) is 0 Å². The van der Waals surface area contributed by atoms with E-state index in [1.807, 2.05) is 0 Å². The first-order chi connectivity index (χ1) is 6.60. The first-order valence-electron chi connectivity index (χ1n) is 4.30. The average Bonchev–Trinajstić information content (AvgIpc) is 2.03. The monoisotopic (exact) mass is 216 g/mol. The van der Waals surface area contributed by atoms with E-state index in [0.29, 0.717) is 19.3 Å². The standard InChI is InChI=1S/C10H17O3P/c1-4-7-10(8-5-2,9-6-3)13-14(11)12/h4-6,11-12H,1-3,7-9H2. The van der Waals surface area contributed by atoms with Crippen molar-refractivity contribution in [2.45, 2.75) is 24.9 Å². The van der Waals surface area contributed by atoms with Crippen molar-refractivity contribution in [3.8, 4) is 0 Å². The van der Waals surface area contributed by atoms with Crippen molar-refractivity contribution in [2.75, 3.05) is 0 Å². The summed E-state index contributed by atoms with van der Waals surface area (Å²) in [4.78, 5) is 17.7. The predicted molar refractivity (Wildman–Crippen MR) is 59.6 cm³/mol. The number of rotatable bonds is 8. The van der Waals surface area contributed by atoms with Crippen LogP contribution in [-0.4, -0.2) is 15.4 Å². The molecule has 14 heavy (non-hydrogen) atoms. The second-order valence-electron chi connectivity index (χ2n) is 3.01. The molecule has 0 saturated carbocycles. The van der Waals surface area contributed by atoms with Crippen LogP contribution in [-0.2, 0) is 4.52 Å². The predicted octanol–water partition coefficient (Wildman–Crippen LogP) is 2.68. The zero-order valence-corrected chi connectivity index (χ0v) is 9.12. The van der Waals surface area contributed by atoms with E-state index in [-0.39, 0.29) is 0 Å². The maximum absolute atomic E-state index is 8.86. The molecule has 0 aromatic heterocycles. The highest BCUT2D eigenvalue weighted by Gasteiger charge is 2.30. The molecular weight excluding hydrogens is 199 g/mol. The molecule has 3 nitrogen and oxygen atoms in total. The van der Waals surface area contributed by atoms with Crippen LogP contribution in [0.1, 0.15) is 19.3 Å². The summed E-state index contributed by atoms with van der Waals surface area (Å²) in [5.74, 6) is 0. The Balaban J connectivity index is 4.60. The highest BCUT2D eigenvalue weighted by atomic mass is 31.2. The van der Waals surface area contributed by atoms with Gasteiger partial charge in [-0.3, -0.25) is 0 Å². The summed E-state index contributed by atoms with van der Waals surface area (Å²) in [6.45, 7) is 10.8. The minimum absolute atomic E-state index is 0.533. The van der Waals surface area contributed by atoms with Gasteiger partial charge in [0, 0.05) is 0 Å². The molecule has 0 aliphatic rings. The number of hydrogen-bond donors (Lipinski definition) is 2. The van der Waals surface area contributed by atoms with Gasteiger partial charge in [0.15, 0.2) is 0 Å². The van der Waals surface area contributed by atoms with Crippen LogP contribution in [0.3, 0.4) is 0 Å². The summed E-state index contributed by atoms with van der Waals surface area (Å²) < 4.78 is 5.12. The first-order valence-corrected chi connectivity index (χ1v) is 5.46. The van der Waals surface area contributed by atoms with Gasteiger partial charge < -0.3 is 14.3 Å². The Morgan fingerprint density at radius 3 is 1.57 bits per heavy atom. The van der Waals surface area contributed by atoms with Crippen LogP contribution in [0.25, 0.3) is 0 Å². The largest absolute Gasteiger partial charge is 0.328 e. The summed E-state index contributed by atoms with van der Waals surface area (Å²) in [5.41, 5.74) is -0.652. The van der Waals surface area contributed by atoms with E-state index in [2.05, 4.69) is 19.7 Å². The lowest BCUT2D eigenvalue weighted by atomic mass is 9.92. The summed E-state index contributed by atoms with van der Waals surface area (Å²) in [6, 6.07) is 0. The molecule has 2 N–H and O–H groups in total. The quantitative estimate of drug-likeness (QED) is 0.484. The van der Waals surface area contributed by atoms with Crippen LogP contribution in [0, 0.1) is 0 Å². The maximum Gasteiger partial charge on any atom is 0.327 e. The third-order valence-corrected chi connectivity index (χ3v) is 2.37. The smallest absolute Gasteiger partial charge is 0.327 e.